The molecular weight excluding hydrogens is 189 g/mol. The molecule has 0 amide bonds. The van der Waals surface area contributed by atoms with Crippen LogP contribution in [0.5, 0.6) is 0 Å². The van der Waals surface area contributed by atoms with Crippen molar-refractivity contribution in [3.8, 4) is 0 Å². The molecule has 15 heavy (non-hydrogen) atoms. The molecule has 0 aromatic heterocycles. The van der Waals surface area contributed by atoms with Crippen LogP contribution >= 0.6 is 0 Å². The Balaban J connectivity index is 1.73. The summed E-state index contributed by atoms with van der Waals surface area (Å²) in [6, 6.07) is 7.48. The second kappa shape index (κ2) is 4.75. The van der Waals surface area contributed by atoms with Crippen LogP contribution in [0.15, 0.2) is 24.3 Å². The highest BCUT2D eigenvalue weighted by atomic mass is 19.1. The quantitative estimate of drug-likeness (QED) is 0.783. The van der Waals surface area contributed by atoms with Gasteiger partial charge in [0.15, 0.2) is 0 Å². The lowest BCUT2D eigenvalue weighted by atomic mass is 10.1. The number of nitrogens with one attached hydrogen (secondary N) is 1. The van der Waals surface area contributed by atoms with Gasteiger partial charge in [0.1, 0.15) is 5.82 Å². The van der Waals surface area contributed by atoms with E-state index in [1.54, 1.807) is 12.1 Å². The van der Waals surface area contributed by atoms with Crippen molar-refractivity contribution in [2.45, 2.75) is 32.2 Å². The minimum Gasteiger partial charge on any atom is -0.314 e. The summed E-state index contributed by atoms with van der Waals surface area (Å²) in [6.45, 7) is 3.18. The lowest BCUT2D eigenvalue weighted by Gasteiger charge is -2.12. The van der Waals surface area contributed by atoms with E-state index in [9.17, 15) is 4.39 Å². The van der Waals surface area contributed by atoms with Gasteiger partial charge in [-0.3, -0.25) is 0 Å². The standard InChI is InChI=1S/C13H18FN/c1-10(12-5-6-12)15-8-7-11-3-2-4-13(14)9-11/h2-4,9-10,12,15H,5-8H2,1H3. The van der Waals surface area contributed by atoms with Crippen molar-refractivity contribution in [1.29, 1.82) is 0 Å². The molecule has 1 unspecified atom stereocenters. The van der Waals surface area contributed by atoms with Gasteiger partial charge in [0.2, 0.25) is 0 Å². The molecule has 1 fully saturated rings. The highest BCUT2D eigenvalue weighted by molar-refractivity contribution is 5.16. The minimum atomic E-state index is -0.136. The molecule has 1 saturated carbocycles. The Morgan fingerprint density at radius 1 is 1.47 bits per heavy atom. The van der Waals surface area contributed by atoms with Crippen LogP contribution in [-0.4, -0.2) is 12.6 Å². The summed E-state index contributed by atoms with van der Waals surface area (Å²) in [4.78, 5) is 0. The van der Waals surface area contributed by atoms with Crippen molar-refractivity contribution in [1.82, 2.24) is 5.32 Å². The largest absolute Gasteiger partial charge is 0.314 e. The Bertz CT molecular complexity index is 320. The SMILES string of the molecule is CC(NCCc1cccc(F)c1)C1CC1. The summed E-state index contributed by atoms with van der Waals surface area (Å²) in [6.07, 6.45) is 3.65. The maximum Gasteiger partial charge on any atom is 0.123 e. The van der Waals surface area contributed by atoms with Gasteiger partial charge in [-0.1, -0.05) is 12.1 Å². The molecule has 1 aliphatic rings. The fourth-order valence-corrected chi connectivity index (χ4v) is 1.90. The zero-order chi connectivity index (χ0) is 10.7. The summed E-state index contributed by atoms with van der Waals surface area (Å²) in [5, 5.41) is 3.49. The van der Waals surface area contributed by atoms with Crippen LogP contribution in [0.2, 0.25) is 0 Å². The summed E-state index contributed by atoms with van der Waals surface area (Å²) in [7, 11) is 0. The van der Waals surface area contributed by atoms with E-state index in [1.165, 1.54) is 18.9 Å². The van der Waals surface area contributed by atoms with Crippen molar-refractivity contribution < 1.29 is 4.39 Å². The van der Waals surface area contributed by atoms with Crippen LogP contribution in [0.25, 0.3) is 0 Å². The number of rotatable bonds is 5. The lowest BCUT2D eigenvalue weighted by Crippen LogP contribution is -2.29. The van der Waals surface area contributed by atoms with E-state index in [2.05, 4.69) is 12.2 Å². The summed E-state index contributed by atoms with van der Waals surface area (Å²) >= 11 is 0. The molecule has 1 atom stereocenters. The van der Waals surface area contributed by atoms with Crippen molar-refractivity contribution in [2.24, 2.45) is 5.92 Å². The number of hydrogen-bond acceptors (Lipinski definition) is 1. The van der Waals surface area contributed by atoms with Crippen molar-refractivity contribution >= 4 is 0 Å². The molecule has 0 radical (unpaired) electrons. The minimum absolute atomic E-state index is 0.136. The van der Waals surface area contributed by atoms with E-state index >= 15 is 0 Å². The van der Waals surface area contributed by atoms with Crippen LogP contribution < -0.4 is 5.32 Å². The smallest absolute Gasteiger partial charge is 0.123 e. The normalized spacial score (nSPS) is 17.7. The van der Waals surface area contributed by atoms with Gasteiger partial charge in [-0.15, -0.1) is 0 Å². The van der Waals surface area contributed by atoms with E-state index in [0.717, 1.165) is 24.4 Å². The Labute approximate surface area is 90.7 Å². The highest BCUT2D eigenvalue weighted by Gasteiger charge is 2.27. The molecule has 2 heteroatoms. The van der Waals surface area contributed by atoms with Gasteiger partial charge in [-0.2, -0.15) is 0 Å². The molecule has 1 N–H and O–H groups in total. The van der Waals surface area contributed by atoms with Crippen LogP contribution in [-0.2, 0) is 6.42 Å². The molecule has 0 bridgehead atoms. The lowest BCUT2D eigenvalue weighted by molar-refractivity contribution is 0.499. The van der Waals surface area contributed by atoms with E-state index in [4.69, 9.17) is 0 Å². The second-order valence-corrected chi connectivity index (χ2v) is 4.46. The molecular formula is C13H18FN. The van der Waals surface area contributed by atoms with E-state index in [0.29, 0.717) is 6.04 Å². The molecule has 2 rings (SSSR count). The fraction of sp³-hybridized carbons (Fsp3) is 0.538. The van der Waals surface area contributed by atoms with Crippen LogP contribution in [0, 0.1) is 11.7 Å². The summed E-state index contributed by atoms with van der Waals surface area (Å²) < 4.78 is 12.9. The van der Waals surface area contributed by atoms with Crippen LogP contribution in [0.3, 0.4) is 0 Å². The molecule has 1 aromatic carbocycles. The number of benzene rings is 1. The first kappa shape index (κ1) is 10.6. The first-order valence-corrected chi connectivity index (χ1v) is 5.73. The maximum absolute atomic E-state index is 12.9. The number of hydrogen-bond donors (Lipinski definition) is 1. The third-order valence-electron chi connectivity index (χ3n) is 3.10. The Hall–Kier alpha value is -0.890. The Morgan fingerprint density at radius 2 is 2.27 bits per heavy atom. The monoisotopic (exact) mass is 207 g/mol. The Kier molecular flexibility index (Phi) is 3.37. The summed E-state index contributed by atoms with van der Waals surface area (Å²) in [5.41, 5.74) is 1.07. The summed E-state index contributed by atoms with van der Waals surface area (Å²) in [5.74, 6) is 0.750. The average Bonchev–Trinajstić information content (AvgIpc) is 3.00. The molecule has 1 nitrogen and oxygen atoms in total. The fourth-order valence-electron chi connectivity index (χ4n) is 1.90. The van der Waals surface area contributed by atoms with E-state index in [1.807, 2.05) is 6.07 Å². The van der Waals surface area contributed by atoms with E-state index < -0.39 is 0 Å². The van der Waals surface area contributed by atoms with Gasteiger partial charge >= 0.3 is 0 Å². The zero-order valence-corrected chi connectivity index (χ0v) is 9.17. The third-order valence-corrected chi connectivity index (χ3v) is 3.10. The Morgan fingerprint density at radius 3 is 2.93 bits per heavy atom. The molecule has 0 heterocycles. The second-order valence-electron chi connectivity index (χ2n) is 4.46. The van der Waals surface area contributed by atoms with Crippen molar-refractivity contribution in [2.75, 3.05) is 6.54 Å². The van der Waals surface area contributed by atoms with Gasteiger partial charge in [0.05, 0.1) is 0 Å². The highest BCUT2D eigenvalue weighted by Crippen LogP contribution is 2.32. The predicted octanol–water partition coefficient (Wildman–Crippen LogP) is 2.76. The zero-order valence-electron chi connectivity index (χ0n) is 9.17. The maximum atomic E-state index is 12.9. The average molecular weight is 207 g/mol. The van der Waals surface area contributed by atoms with Gasteiger partial charge in [-0.25, -0.2) is 4.39 Å². The molecule has 1 aliphatic carbocycles. The first-order chi connectivity index (χ1) is 7.25. The van der Waals surface area contributed by atoms with Crippen LogP contribution in [0.4, 0.5) is 4.39 Å². The molecule has 82 valence electrons. The molecule has 0 aliphatic heterocycles. The van der Waals surface area contributed by atoms with Crippen molar-refractivity contribution in [3.05, 3.63) is 35.6 Å². The molecule has 0 saturated heterocycles. The first-order valence-electron chi connectivity index (χ1n) is 5.73. The van der Waals surface area contributed by atoms with Gasteiger partial charge in [0.25, 0.3) is 0 Å². The number of halogens is 1. The molecule has 0 spiro atoms. The topological polar surface area (TPSA) is 12.0 Å². The van der Waals surface area contributed by atoms with E-state index in [-0.39, 0.29) is 5.82 Å². The van der Waals surface area contributed by atoms with Gasteiger partial charge < -0.3 is 5.32 Å². The predicted molar refractivity (Wildman–Crippen MR) is 60.3 cm³/mol. The molecule has 1 aromatic rings. The van der Waals surface area contributed by atoms with Gasteiger partial charge in [-0.05, 0) is 56.3 Å². The van der Waals surface area contributed by atoms with Crippen molar-refractivity contribution in [3.63, 3.8) is 0 Å². The van der Waals surface area contributed by atoms with Crippen LogP contribution in [0.1, 0.15) is 25.3 Å². The van der Waals surface area contributed by atoms with Gasteiger partial charge in [0, 0.05) is 6.04 Å². The third kappa shape index (κ3) is 3.31.